The van der Waals surface area contributed by atoms with E-state index < -0.39 is 0 Å². The van der Waals surface area contributed by atoms with Gasteiger partial charge in [0.2, 0.25) is 5.95 Å². The zero-order valence-corrected chi connectivity index (χ0v) is 15.7. The van der Waals surface area contributed by atoms with Crippen LogP contribution in [0.5, 0.6) is 11.6 Å². The topological polar surface area (TPSA) is 107 Å². The second-order valence-electron chi connectivity index (χ2n) is 6.35. The minimum absolute atomic E-state index is 0.176. The Morgan fingerprint density at radius 2 is 1.89 bits per heavy atom. The lowest BCUT2D eigenvalue weighted by atomic mass is 10.0. The van der Waals surface area contributed by atoms with E-state index in [2.05, 4.69) is 42.5 Å². The fraction of sp³-hybridized carbons (Fsp3) is 0.316. The van der Waals surface area contributed by atoms with Gasteiger partial charge in [-0.05, 0) is 6.07 Å². The van der Waals surface area contributed by atoms with Crippen molar-refractivity contribution < 1.29 is 9.47 Å². The van der Waals surface area contributed by atoms with Crippen LogP contribution < -0.4 is 20.1 Å². The van der Waals surface area contributed by atoms with E-state index >= 15 is 0 Å². The predicted molar refractivity (Wildman–Crippen MR) is 105 cm³/mol. The van der Waals surface area contributed by atoms with E-state index in [1.165, 1.54) is 6.33 Å². The molecule has 1 atom stereocenters. The van der Waals surface area contributed by atoms with Gasteiger partial charge in [0.1, 0.15) is 25.4 Å². The molecule has 4 heterocycles. The van der Waals surface area contributed by atoms with Gasteiger partial charge >= 0.3 is 0 Å². The van der Waals surface area contributed by atoms with Crippen LogP contribution in [0.2, 0.25) is 0 Å². The first-order valence-corrected chi connectivity index (χ1v) is 9.05. The molecule has 3 aromatic rings. The van der Waals surface area contributed by atoms with Crippen LogP contribution in [0.4, 0.5) is 11.8 Å². The molecule has 1 unspecified atom stereocenters. The molecule has 28 heavy (non-hydrogen) atoms. The quantitative estimate of drug-likeness (QED) is 0.667. The van der Waals surface area contributed by atoms with Crippen LogP contribution in [0.1, 0.15) is 18.4 Å². The van der Waals surface area contributed by atoms with Crippen LogP contribution in [0, 0.1) is 0 Å². The predicted octanol–water partition coefficient (Wildman–Crippen LogP) is 2.36. The minimum Gasteiger partial charge on any atom is -0.484 e. The molecule has 144 valence electrons. The summed E-state index contributed by atoms with van der Waals surface area (Å²) >= 11 is 0. The number of pyridine rings is 1. The molecule has 4 rings (SSSR count). The second kappa shape index (κ2) is 8.03. The highest BCUT2D eigenvalue weighted by Crippen LogP contribution is 2.35. The first-order valence-electron chi connectivity index (χ1n) is 9.05. The summed E-state index contributed by atoms with van der Waals surface area (Å²) in [5, 5.41) is 6.26. The maximum absolute atomic E-state index is 5.76. The average Bonchev–Trinajstić information content (AvgIpc) is 2.77. The molecule has 9 heteroatoms. The number of anilines is 2. The van der Waals surface area contributed by atoms with E-state index in [0.717, 1.165) is 28.4 Å². The molecule has 1 aliphatic rings. The fourth-order valence-electron chi connectivity index (χ4n) is 2.93. The van der Waals surface area contributed by atoms with E-state index in [4.69, 9.17) is 9.47 Å². The maximum atomic E-state index is 5.76. The van der Waals surface area contributed by atoms with Gasteiger partial charge < -0.3 is 20.1 Å². The van der Waals surface area contributed by atoms with Crippen LogP contribution in [-0.2, 0) is 0 Å². The standard InChI is InChI=1S/C19H21N7O2/c1-12(14-3-4-21-18-17(14)27-5-6-28-18)8-22-16-7-15(25-11-26-16)13-9-23-19(20-2)24-10-13/h3-4,7,9-12H,5-6,8H2,1-2H3,(H,20,23,24)(H,22,25,26). The van der Waals surface area contributed by atoms with E-state index in [0.29, 0.717) is 31.6 Å². The largest absolute Gasteiger partial charge is 0.484 e. The molecule has 0 aromatic carbocycles. The van der Waals surface area contributed by atoms with Gasteiger partial charge in [-0.25, -0.2) is 24.9 Å². The molecule has 0 bridgehead atoms. The summed E-state index contributed by atoms with van der Waals surface area (Å²) in [6, 6.07) is 3.85. The average molecular weight is 379 g/mol. The van der Waals surface area contributed by atoms with Crippen molar-refractivity contribution in [1.82, 2.24) is 24.9 Å². The van der Waals surface area contributed by atoms with Crippen molar-refractivity contribution in [3.8, 4) is 22.9 Å². The van der Waals surface area contributed by atoms with Gasteiger partial charge in [0, 0.05) is 55.3 Å². The number of fused-ring (bicyclic) bond motifs is 1. The van der Waals surface area contributed by atoms with Crippen molar-refractivity contribution in [3.63, 3.8) is 0 Å². The molecule has 0 spiro atoms. The Morgan fingerprint density at radius 3 is 2.71 bits per heavy atom. The summed E-state index contributed by atoms with van der Waals surface area (Å²) in [5.74, 6) is 2.76. The van der Waals surface area contributed by atoms with Crippen LogP contribution >= 0.6 is 0 Å². The molecule has 9 nitrogen and oxygen atoms in total. The van der Waals surface area contributed by atoms with E-state index in [-0.39, 0.29) is 5.92 Å². The molecular weight excluding hydrogens is 358 g/mol. The van der Waals surface area contributed by atoms with E-state index in [9.17, 15) is 0 Å². The second-order valence-corrected chi connectivity index (χ2v) is 6.35. The molecule has 0 fully saturated rings. The van der Waals surface area contributed by atoms with Gasteiger partial charge in [-0.2, -0.15) is 0 Å². The minimum atomic E-state index is 0.176. The zero-order chi connectivity index (χ0) is 19.3. The van der Waals surface area contributed by atoms with Crippen molar-refractivity contribution >= 4 is 11.8 Å². The summed E-state index contributed by atoms with van der Waals surface area (Å²) in [6.45, 7) is 3.85. The zero-order valence-electron chi connectivity index (χ0n) is 15.7. The summed E-state index contributed by atoms with van der Waals surface area (Å²) in [6.07, 6.45) is 6.73. The highest BCUT2D eigenvalue weighted by atomic mass is 16.6. The molecule has 0 aliphatic carbocycles. The van der Waals surface area contributed by atoms with Crippen LogP contribution in [0.25, 0.3) is 11.3 Å². The highest BCUT2D eigenvalue weighted by Gasteiger charge is 2.20. The fourth-order valence-corrected chi connectivity index (χ4v) is 2.93. The molecule has 0 saturated carbocycles. The molecule has 1 aliphatic heterocycles. The Balaban J connectivity index is 1.46. The molecule has 0 amide bonds. The Morgan fingerprint density at radius 1 is 1.07 bits per heavy atom. The number of hydrogen-bond acceptors (Lipinski definition) is 9. The number of nitrogens with one attached hydrogen (secondary N) is 2. The van der Waals surface area contributed by atoms with Crippen molar-refractivity contribution in [2.75, 3.05) is 37.4 Å². The summed E-state index contributed by atoms with van der Waals surface area (Å²) < 4.78 is 11.3. The van der Waals surface area contributed by atoms with Crippen molar-refractivity contribution in [2.45, 2.75) is 12.8 Å². The van der Waals surface area contributed by atoms with Gasteiger partial charge in [-0.1, -0.05) is 6.92 Å². The van der Waals surface area contributed by atoms with Crippen LogP contribution in [0.15, 0.2) is 37.1 Å². The molecule has 0 saturated heterocycles. The third kappa shape index (κ3) is 3.78. The lowest BCUT2D eigenvalue weighted by molar-refractivity contribution is 0.162. The third-order valence-electron chi connectivity index (χ3n) is 4.43. The SMILES string of the molecule is CNc1ncc(-c2cc(NCC(C)c3ccnc4c3OCCO4)ncn2)cn1. The third-order valence-corrected chi connectivity index (χ3v) is 4.43. The number of ether oxygens (including phenoxy) is 2. The monoisotopic (exact) mass is 379 g/mol. The van der Waals surface area contributed by atoms with E-state index in [1.54, 1.807) is 25.6 Å². The van der Waals surface area contributed by atoms with Gasteiger partial charge in [-0.3, -0.25) is 0 Å². The first kappa shape index (κ1) is 17.9. The highest BCUT2D eigenvalue weighted by molar-refractivity contribution is 5.60. The van der Waals surface area contributed by atoms with Crippen molar-refractivity contribution in [2.24, 2.45) is 0 Å². The lowest BCUT2D eigenvalue weighted by Crippen LogP contribution is -2.19. The summed E-state index contributed by atoms with van der Waals surface area (Å²) in [4.78, 5) is 21.3. The first-order chi connectivity index (χ1) is 13.7. The Labute approximate surface area is 162 Å². The molecular formula is C19H21N7O2. The molecule has 3 aromatic heterocycles. The number of rotatable bonds is 6. The Bertz CT molecular complexity index is 949. The molecule has 2 N–H and O–H groups in total. The van der Waals surface area contributed by atoms with Gasteiger partial charge in [-0.15, -0.1) is 0 Å². The van der Waals surface area contributed by atoms with Gasteiger partial charge in [0.05, 0.1) is 5.69 Å². The van der Waals surface area contributed by atoms with Crippen molar-refractivity contribution in [3.05, 3.63) is 42.6 Å². The summed E-state index contributed by atoms with van der Waals surface area (Å²) in [7, 11) is 1.78. The maximum Gasteiger partial charge on any atom is 0.257 e. The lowest BCUT2D eigenvalue weighted by Gasteiger charge is -2.22. The van der Waals surface area contributed by atoms with Gasteiger partial charge in [0.15, 0.2) is 5.75 Å². The summed E-state index contributed by atoms with van der Waals surface area (Å²) in [5.41, 5.74) is 2.64. The number of aromatic nitrogens is 5. The van der Waals surface area contributed by atoms with Crippen molar-refractivity contribution in [1.29, 1.82) is 0 Å². The normalized spacial score (nSPS) is 13.6. The number of nitrogens with zero attached hydrogens (tertiary/aromatic N) is 5. The van der Waals surface area contributed by atoms with Crippen LogP contribution in [0.3, 0.4) is 0 Å². The smallest absolute Gasteiger partial charge is 0.257 e. The number of hydrogen-bond donors (Lipinski definition) is 2. The Kier molecular flexibility index (Phi) is 5.14. The van der Waals surface area contributed by atoms with Gasteiger partial charge in [0.25, 0.3) is 5.88 Å². The van der Waals surface area contributed by atoms with E-state index in [1.807, 2.05) is 12.1 Å². The van der Waals surface area contributed by atoms with Crippen LogP contribution in [-0.4, -0.2) is 51.7 Å². The molecule has 0 radical (unpaired) electrons. The Hall–Kier alpha value is -3.49.